The molecule has 3 rings (SSSR count). The Morgan fingerprint density at radius 1 is 1.35 bits per heavy atom. The molecule has 0 atom stereocenters. The van der Waals surface area contributed by atoms with E-state index in [1.807, 2.05) is 18.4 Å². The van der Waals surface area contributed by atoms with Gasteiger partial charge in [0.05, 0.1) is 9.82 Å². The second kappa shape index (κ2) is 7.08. The molecule has 0 fully saturated rings. The highest BCUT2D eigenvalue weighted by atomic mass is 32.2. The highest BCUT2D eigenvalue weighted by Crippen LogP contribution is 2.35. The SMILES string of the molecule is CCn1c(C)nnc1Sc1ccc(C(=O)c2nccn2C)cc1[N+](=O)[O-]. The summed E-state index contributed by atoms with van der Waals surface area (Å²) in [5.41, 5.74) is 0.0573. The fraction of sp³-hybridized carbons (Fsp3) is 0.250. The summed E-state index contributed by atoms with van der Waals surface area (Å²) in [6, 6.07) is 4.40. The fourth-order valence-corrected chi connectivity index (χ4v) is 3.52. The van der Waals surface area contributed by atoms with Gasteiger partial charge in [-0.1, -0.05) is 0 Å². The third kappa shape index (κ3) is 3.23. The number of benzene rings is 1. The lowest BCUT2D eigenvalue weighted by molar-refractivity contribution is -0.387. The third-order valence-electron chi connectivity index (χ3n) is 3.86. The zero-order valence-electron chi connectivity index (χ0n) is 14.4. The molecule has 0 saturated carbocycles. The van der Waals surface area contributed by atoms with Crippen molar-refractivity contribution in [3.63, 3.8) is 0 Å². The predicted molar refractivity (Wildman–Crippen MR) is 94.3 cm³/mol. The summed E-state index contributed by atoms with van der Waals surface area (Å²) in [4.78, 5) is 27.9. The second-order valence-corrected chi connectivity index (χ2v) is 6.52. The molecule has 0 N–H and O–H groups in total. The number of nitrogens with zero attached hydrogens (tertiary/aromatic N) is 6. The van der Waals surface area contributed by atoms with Crippen molar-refractivity contribution in [3.05, 3.63) is 57.9 Å². The largest absolute Gasteiger partial charge is 0.331 e. The van der Waals surface area contributed by atoms with E-state index < -0.39 is 4.92 Å². The van der Waals surface area contributed by atoms with E-state index in [9.17, 15) is 14.9 Å². The highest BCUT2D eigenvalue weighted by molar-refractivity contribution is 7.99. The van der Waals surface area contributed by atoms with Crippen LogP contribution in [0, 0.1) is 17.0 Å². The minimum absolute atomic E-state index is 0.154. The number of carbonyl (C=O) groups excluding carboxylic acids is 1. The zero-order valence-corrected chi connectivity index (χ0v) is 15.2. The Hall–Kier alpha value is -3.01. The number of nitro benzene ring substituents is 1. The molecular weight excluding hydrogens is 356 g/mol. The van der Waals surface area contributed by atoms with Gasteiger partial charge < -0.3 is 9.13 Å². The molecule has 0 saturated heterocycles. The first-order valence-electron chi connectivity index (χ1n) is 7.80. The van der Waals surface area contributed by atoms with Gasteiger partial charge in [-0.2, -0.15) is 0 Å². The van der Waals surface area contributed by atoms with Gasteiger partial charge in [-0.3, -0.25) is 14.9 Å². The summed E-state index contributed by atoms with van der Waals surface area (Å²) in [7, 11) is 1.69. The summed E-state index contributed by atoms with van der Waals surface area (Å²) in [6.07, 6.45) is 3.15. The maximum absolute atomic E-state index is 12.5. The average Bonchev–Trinajstić information content (AvgIpc) is 3.20. The van der Waals surface area contributed by atoms with Crippen LogP contribution in [-0.2, 0) is 13.6 Å². The Balaban J connectivity index is 1.99. The molecule has 0 bridgehead atoms. The van der Waals surface area contributed by atoms with Crippen molar-refractivity contribution in [3.8, 4) is 0 Å². The molecule has 1 aromatic carbocycles. The van der Waals surface area contributed by atoms with Gasteiger partial charge in [0.1, 0.15) is 5.82 Å². The quantitative estimate of drug-likeness (QED) is 0.372. The van der Waals surface area contributed by atoms with Crippen LogP contribution in [-0.4, -0.2) is 35.0 Å². The number of ketones is 1. The van der Waals surface area contributed by atoms with Crippen molar-refractivity contribution in [2.45, 2.75) is 30.4 Å². The van der Waals surface area contributed by atoms with Crippen molar-refractivity contribution >= 4 is 23.2 Å². The maximum Gasteiger partial charge on any atom is 0.284 e. The lowest BCUT2D eigenvalue weighted by Gasteiger charge is -2.07. The van der Waals surface area contributed by atoms with E-state index in [2.05, 4.69) is 15.2 Å². The average molecular weight is 372 g/mol. The molecule has 9 nitrogen and oxygen atoms in total. The normalized spacial score (nSPS) is 10.9. The number of aryl methyl sites for hydroxylation is 2. The highest BCUT2D eigenvalue weighted by Gasteiger charge is 2.22. The molecule has 0 aliphatic rings. The molecule has 2 heterocycles. The van der Waals surface area contributed by atoms with Gasteiger partial charge in [-0.05, 0) is 37.7 Å². The Bertz CT molecular complexity index is 994. The second-order valence-electron chi connectivity index (χ2n) is 5.51. The molecule has 2 aromatic heterocycles. The Morgan fingerprint density at radius 3 is 2.73 bits per heavy atom. The third-order valence-corrected chi connectivity index (χ3v) is 4.91. The minimum atomic E-state index is -0.503. The van der Waals surface area contributed by atoms with Gasteiger partial charge in [-0.25, -0.2) is 4.98 Å². The zero-order chi connectivity index (χ0) is 18.8. The molecule has 0 radical (unpaired) electrons. The lowest BCUT2D eigenvalue weighted by atomic mass is 10.1. The summed E-state index contributed by atoms with van der Waals surface area (Å²) in [6.45, 7) is 4.43. The first-order valence-corrected chi connectivity index (χ1v) is 8.62. The molecule has 3 aromatic rings. The van der Waals surface area contributed by atoms with Crippen molar-refractivity contribution in [1.82, 2.24) is 24.3 Å². The smallest absolute Gasteiger partial charge is 0.284 e. The molecule has 0 amide bonds. The number of rotatable bonds is 6. The predicted octanol–water partition coefficient (Wildman–Crippen LogP) is 2.63. The van der Waals surface area contributed by atoms with E-state index in [0.717, 1.165) is 17.6 Å². The van der Waals surface area contributed by atoms with Crippen LogP contribution in [0.5, 0.6) is 0 Å². The number of nitro groups is 1. The molecule has 134 valence electrons. The van der Waals surface area contributed by atoms with E-state index in [0.29, 0.717) is 16.6 Å². The van der Waals surface area contributed by atoms with E-state index in [1.165, 1.54) is 12.3 Å². The Morgan fingerprint density at radius 2 is 2.12 bits per heavy atom. The fourth-order valence-electron chi connectivity index (χ4n) is 2.50. The number of aromatic nitrogens is 5. The van der Waals surface area contributed by atoms with E-state index in [1.54, 1.807) is 29.9 Å². The van der Waals surface area contributed by atoms with Crippen molar-refractivity contribution < 1.29 is 9.72 Å². The van der Waals surface area contributed by atoms with Crippen LogP contribution >= 0.6 is 11.8 Å². The molecule has 26 heavy (non-hydrogen) atoms. The van der Waals surface area contributed by atoms with Crippen LogP contribution in [0.1, 0.15) is 28.9 Å². The van der Waals surface area contributed by atoms with Gasteiger partial charge in [0, 0.05) is 37.6 Å². The van der Waals surface area contributed by atoms with Crippen LogP contribution in [0.15, 0.2) is 40.6 Å². The van der Waals surface area contributed by atoms with Crippen LogP contribution in [0.3, 0.4) is 0 Å². The summed E-state index contributed by atoms with van der Waals surface area (Å²) >= 11 is 1.15. The molecule has 0 aliphatic heterocycles. The van der Waals surface area contributed by atoms with Crippen molar-refractivity contribution in [2.75, 3.05) is 0 Å². The Labute approximate surface area is 153 Å². The molecule has 10 heteroatoms. The van der Waals surface area contributed by atoms with E-state index in [4.69, 9.17) is 0 Å². The summed E-state index contributed by atoms with van der Waals surface area (Å²) in [5, 5.41) is 20.2. The van der Waals surface area contributed by atoms with Crippen LogP contribution in [0.2, 0.25) is 0 Å². The minimum Gasteiger partial charge on any atom is -0.331 e. The van der Waals surface area contributed by atoms with Gasteiger partial charge in [-0.15, -0.1) is 10.2 Å². The molecule has 0 unspecified atom stereocenters. The van der Waals surface area contributed by atoms with Gasteiger partial charge >= 0.3 is 0 Å². The maximum atomic E-state index is 12.5. The standard InChI is InChI=1S/C16H16N6O3S/c1-4-21-10(2)18-19-16(21)26-13-6-5-11(9-12(13)22(24)25)14(23)15-17-7-8-20(15)3/h5-9H,4H2,1-3H3. The van der Waals surface area contributed by atoms with Crippen molar-refractivity contribution in [2.24, 2.45) is 7.05 Å². The molecule has 0 aliphatic carbocycles. The summed E-state index contributed by atoms with van der Waals surface area (Å²) in [5.74, 6) is 0.588. The first-order chi connectivity index (χ1) is 12.4. The number of carbonyl (C=O) groups is 1. The summed E-state index contributed by atoms with van der Waals surface area (Å²) < 4.78 is 3.44. The molecular formula is C16H16N6O3S. The lowest BCUT2D eigenvalue weighted by Crippen LogP contribution is -2.09. The van der Waals surface area contributed by atoms with Gasteiger partial charge in [0.2, 0.25) is 5.78 Å². The van der Waals surface area contributed by atoms with Gasteiger partial charge in [0.15, 0.2) is 11.0 Å². The van der Waals surface area contributed by atoms with Crippen LogP contribution in [0.25, 0.3) is 0 Å². The van der Waals surface area contributed by atoms with Gasteiger partial charge in [0.25, 0.3) is 5.69 Å². The van der Waals surface area contributed by atoms with Crippen LogP contribution < -0.4 is 0 Å². The first kappa shape index (κ1) is 17.8. The monoisotopic (exact) mass is 372 g/mol. The topological polar surface area (TPSA) is 109 Å². The van der Waals surface area contributed by atoms with E-state index in [-0.39, 0.29) is 22.9 Å². The number of hydrogen-bond donors (Lipinski definition) is 0. The Kier molecular flexibility index (Phi) is 4.85. The van der Waals surface area contributed by atoms with E-state index >= 15 is 0 Å². The number of hydrogen-bond acceptors (Lipinski definition) is 7. The number of imidazole rings is 1. The van der Waals surface area contributed by atoms with Crippen LogP contribution in [0.4, 0.5) is 5.69 Å². The van der Waals surface area contributed by atoms with Crippen molar-refractivity contribution in [1.29, 1.82) is 0 Å². The molecule has 0 spiro atoms.